The summed E-state index contributed by atoms with van der Waals surface area (Å²) in [6.07, 6.45) is 5.33. The molecule has 0 radical (unpaired) electrons. The zero-order valence-electron chi connectivity index (χ0n) is 13.6. The molecule has 0 N–H and O–H groups in total. The third kappa shape index (κ3) is 12.8. The Labute approximate surface area is 119 Å². The highest BCUT2D eigenvalue weighted by atomic mass is 28.3. The monoisotopic (exact) mass is 290 g/mol. The molecule has 0 aromatic rings. The van der Waals surface area contributed by atoms with Crippen molar-refractivity contribution < 1.29 is 8.85 Å². The number of hydrogen-bond acceptors (Lipinski definition) is 2. The van der Waals surface area contributed by atoms with Crippen LogP contribution in [0.3, 0.4) is 0 Å². The van der Waals surface area contributed by atoms with E-state index in [-0.39, 0.29) is 11.2 Å². The van der Waals surface area contributed by atoms with Gasteiger partial charge in [0.1, 0.15) is 0 Å². The van der Waals surface area contributed by atoms with Crippen LogP contribution in [0.1, 0.15) is 74.1 Å². The molecule has 0 spiro atoms. The van der Waals surface area contributed by atoms with Crippen LogP contribution in [0.4, 0.5) is 0 Å². The Bertz CT molecular complexity index is 189. The van der Waals surface area contributed by atoms with Crippen LogP contribution >= 0.6 is 0 Å². The molecule has 0 saturated heterocycles. The Kier molecular flexibility index (Phi) is 8.68. The van der Waals surface area contributed by atoms with Crippen molar-refractivity contribution in [2.45, 2.75) is 90.5 Å². The summed E-state index contributed by atoms with van der Waals surface area (Å²) in [5, 5.41) is 0.801. The molecular weight excluding hydrogens is 256 g/mol. The summed E-state index contributed by atoms with van der Waals surface area (Å²) in [6, 6.07) is 0. The molecule has 0 fully saturated rings. The Balaban J connectivity index is 4.07. The summed E-state index contributed by atoms with van der Waals surface area (Å²) < 4.78 is 12.2. The topological polar surface area (TPSA) is 18.5 Å². The summed E-state index contributed by atoms with van der Waals surface area (Å²) in [5.74, 6) is 0. The predicted octanol–water partition coefficient (Wildman–Crippen LogP) is 3.11. The van der Waals surface area contributed by atoms with Crippen LogP contribution in [0.15, 0.2) is 0 Å². The van der Waals surface area contributed by atoms with Gasteiger partial charge in [-0.25, -0.2) is 0 Å². The van der Waals surface area contributed by atoms with Crippen LogP contribution in [0.5, 0.6) is 0 Å². The maximum atomic E-state index is 6.08. The van der Waals surface area contributed by atoms with Gasteiger partial charge in [-0.3, -0.25) is 0 Å². The molecule has 0 atom stereocenters. The zero-order chi connectivity index (χ0) is 14.2. The van der Waals surface area contributed by atoms with E-state index in [2.05, 4.69) is 48.5 Å². The molecular formula is C14H34O2Si2. The van der Waals surface area contributed by atoms with E-state index in [4.69, 9.17) is 8.85 Å². The minimum atomic E-state index is -0.439. The van der Waals surface area contributed by atoms with Gasteiger partial charge in [0.15, 0.2) is 19.5 Å². The van der Waals surface area contributed by atoms with Gasteiger partial charge in [-0.2, -0.15) is 0 Å². The van der Waals surface area contributed by atoms with Gasteiger partial charge in [-0.1, -0.05) is 32.6 Å². The smallest absolute Gasteiger partial charge is 0.164 e. The molecule has 0 rings (SSSR count). The van der Waals surface area contributed by atoms with Gasteiger partial charge in [0, 0.05) is 11.2 Å². The van der Waals surface area contributed by atoms with Gasteiger partial charge in [-0.15, -0.1) is 0 Å². The van der Waals surface area contributed by atoms with E-state index in [1.165, 1.54) is 25.7 Å². The van der Waals surface area contributed by atoms with Crippen molar-refractivity contribution in [2.75, 3.05) is 0 Å². The van der Waals surface area contributed by atoms with Crippen molar-refractivity contribution in [2.24, 2.45) is 0 Å². The normalized spacial score (nSPS) is 16.2. The van der Waals surface area contributed by atoms with E-state index in [9.17, 15) is 0 Å². The molecule has 0 aliphatic rings. The molecule has 0 heterocycles. The van der Waals surface area contributed by atoms with Crippen LogP contribution in [0.25, 0.3) is 0 Å². The van der Waals surface area contributed by atoms with Crippen LogP contribution in [-0.4, -0.2) is 30.7 Å². The molecule has 0 aromatic carbocycles. The van der Waals surface area contributed by atoms with Crippen LogP contribution in [0.2, 0.25) is 5.16 Å². The second-order valence-corrected chi connectivity index (χ2v) is 11.9. The summed E-state index contributed by atoms with van der Waals surface area (Å²) in [7, 11) is -0.878. The third-order valence-corrected chi connectivity index (χ3v) is 7.96. The van der Waals surface area contributed by atoms with Crippen LogP contribution in [-0.2, 0) is 8.85 Å². The van der Waals surface area contributed by atoms with Gasteiger partial charge in [0.25, 0.3) is 0 Å². The van der Waals surface area contributed by atoms with E-state index < -0.39 is 19.5 Å². The average molecular weight is 291 g/mol. The van der Waals surface area contributed by atoms with E-state index >= 15 is 0 Å². The molecule has 0 aromatic heterocycles. The quantitative estimate of drug-likeness (QED) is 0.505. The van der Waals surface area contributed by atoms with Crippen molar-refractivity contribution in [1.82, 2.24) is 0 Å². The van der Waals surface area contributed by atoms with E-state index in [0.29, 0.717) is 0 Å². The first-order valence-corrected chi connectivity index (χ1v) is 10.2. The first-order valence-electron chi connectivity index (χ1n) is 7.42. The lowest BCUT2D eigenvalue weighted by Crippen LogP contribution is -2.30. The largest absolute Gasteiger partial charge is 0.419 e. The van der Waals surface area contributed by atoms with Crippen molar-refractivity contribution in [3.63, 3.8) is 0 Å². The molecule has 2 nitrogen and oxygen atoms in total. The van der Waals surface area contributed by atoms with Crippen LogP contribution < -0.4 is 0 Å². The molecule has 4 heteroatoms. The molecule has 0 saturated carbocycles. The second kappa shape index (κ2) is 8.51. The molecule has 0 aliphatic carbocycles. The van der Waals surface area contributed by atoms with Gasteiger partial charge in [0.05, 0.1) is 0 Å². The fraction of sp³-hybridized carbons (Fsp3) is 1.00. The predicted molar refractivity (Wildman–Crippen MR) is 86.7 cm³/mol. The minimum absolute atomic E-state index is 0.0331. The maximum Gasteiger partial charge on any atom is 0.164 e. The lowest BCUT2D eigenvalue weighted by atomic mass is 10.2. The number of unbranched alkanes of at least 4 members (excludes halogenated alkanes) is 2. The Morgan fingerprint density at radius 1 is 0.833 bits per heavy atom. The summed E-state index contributed by atoms with van der Waals surface area (Å²) in [4.78, 5) is 0. The fourth-order valence-electron chi connectivity index (χ4n) is 1.63. The summed E-state index contributed by atoms with van der Waals surface area (Å²) in [5.41, 5.74) is 0.0662. The first-order chi connectivity index (χ1) is 8.14. The van der Waals surface area contributed by atoms with E-state index in [1.807, 2.05) is 0 Å². The highest BCUT2D eigenvalue weighted by Crippen LogP contribution is 2.19. The first kappa shape index (κ1) is 18.4. The molecule has 0 aliphatic heterocycles. The van der Waals surface area contributed by atoms with E-state index in [0.717, 1.165) is 5.16 Å². The van der Waals surface area contributed by atoms with Crippen molar-refractivity contribution in [3.05, 3.63) is 0 Å². The molecule has 0 amide bonds. The van der Waals surface area contributed by atoms with Gasteiger partial charge < -0.3 is 8.85 Å². The number of rotatable bonds is 8. The molecule has 110 valence electrons. The maximum absolute atomic E-state index is 6.08. The molecule has 0 bridgehead atoms. The Morgan fingerprint density at radius 2 is 1.28 bits per heavy atom. The highest BCUT2D eigenvalue weighted by Gasteiger charge is 2.19. The second-order valence-electron chi connectivity index (χ2n) is 7.21. The van der Waals surface area contributed by atoms with Crippen molar-refractivity contribution in [1.29, 1.82) is 0 Å². The standard InChI is InChI=1S/C14H34O2Si2/c1-8-9-10-11-12(17-15-13(2,3)4)18-16-14(5,6)7/h12H,8-11,17-18H2,1-7H3. The Morgan fingerprint density at radius 3 is 1.61 bits per heavy atom. The van der Waals surface area contributed by atoms with Crippen molar-refractivity contribution >= 4 is 19.5 Å². The van der Waals surface area contributed by atoms with E-state index in [1.54, 1.807) is 0 Å². The van der Waals surface area contributed by atoms with Crippen LogP contribution in [0, 0.1) is 0 Å². The molecule has 0 unspecified atom stereocenters. The summed E-state index contributed by atoms with van der Waals surface area (Å²) in [6.45, 7) is 15.2. The number of hydrogen-bond donors (Lipinski definition) is 0. The minimum Gasteiger partial charge on any atom is -0.419 e. The SMILES string of the molecule is CCCCCC([SiH2]OC(C)(C)C)[SiH2]OC(C)(C)C. The third-order valence-electron chi connectivity index (χ3n) is 2.72. The lowest BCUT2D eigenvalue weighted by Gasteiger charge is -2.27. The van der Waals surface area contributed by atoms with Gasteiger partial charge in [-0.05, 0) is 46.7 Å². The molecule has 18 heavy (non-hydrogen) atoms. The summed E-state index contributed by atoms with van der Waals surface area (Å²) >= 11 is 0. The van der Waals surface area contributed by atoms with Crippen molar-refractivity contribution in [3.8, 4) is 0 Å². The highest BCUT2D eigenvalue weighted by molar-refractivity contribution is 6.52. The lowest BCUT2D eigenvalue weighted by molar-refractivity contribution is 0.127. The van der Waals surface area contributed by atoms with Gasteiger partial charge >= 0.3 is 0 Å². The fourth-order valence-corrected chi connectivity index (χ4v) is 5.11. The Hall–Kier alpha value is 0.354. The zero-order valence-corrected chi connectivity index (χ0v) is 16.5. The average Bonchev–Trinajstić information content (AvgIpc) is 2.19. The van der Waals surface area contributed by atoms with Gasteiger partial charge in [0.2, 0.25) is 0 Å².